The molecule has 102 heavy (non-hydrogen) atoms. The number of hydrogen-bond acceptors (Lipinski definition) is 4. The topological polar surface area (TPSA) is 72.3 Å². The summed E-state index contributed by atoms with van der Waals surface area (Å²) in [5.74, 6) is 0. The van der Waals surface area contributed by atoms with Gasteiger partial charge in [-0.1, -0.05) is 227 Å². The van der Waals surface area contributed by atoms with Crippen LogP contribution in [-0.4, -0.2) is 25.0 Å². The quantitative estimate of drug-likeness (QED) is 0.149. The van der Waals surface area contributed by atoms with Gasteiger partial charge >= 0.3 is 0 Å². The van der Waals surface area contributed by atoms with Crippen molar-refractivity contribution in [2.45, 2.75) is 20.8 Å². The molecule has 9 heteroatoms. The van der Waals surface area contributed by atoms with E-state index in [1.807, 2.05) is 12.1 Å². The summed E-state index contributed by atoms with van der Waals surface area (Å²) in [4.78, 5) is 0. The summed E-state index contributed by atoms with van der Waals surface area (Å²) >= 11 is 0. The van der Waals surface area contributed by atoms with Crippen molar-refractivity contribution in [2.24, 2.45) is 0 Å². The molecule has 0 aliphatic heterocycles. The fraction of sp³-hybridized carbons (Fsp3) is 0.0323. The van der Waals surface area contributed by atoms with Gasteiger partial charge in [-0.25, -0.2) is 0 Å². The molecule has 0 atom stereocenters. The van der Waals surface area contributed by atoms with Crippen molar-refractivity contribution < 1.29 is 17.7 Å². The van der Waals surface area contributed by atoms with E-state index in [4.69, 9.17) is 17.7 Å². The molecule has 8 nitrogen and oxygen atoms in total. The van der Waals surface area contributed by atoms with Gasteiger partial charge in [-0.3, -0.25) is 0 Å². The Balaban J connectivity index is 0.684. The summed E-state index contributed by atoms with van der Waals surface area (Å²) in [5.41, 5.74) is 27.1. The fourth-order valence-corrected chi connectivity index (χ4v) is 18.4. The summed E-state index contributed by atoms with van der Waals surface area (Å²) in [6.45, 7) is 6.61. The first-order valence-corrected chi connectivity index (χ1v) is 35.1. The predicted molar refractivity (Wildman–Crippen MR) is 425 cm³/mol. The Morgan fingerprint density at radius 2 is 0.500 bits per heavy atom. The molecule has 15 aromatic carbocycles. The molecular weight excluding hydrogens is 1250 g/mol. The first-order valence-electron chi connectivity index (χ1n) is 35.1. The number of rotatable bonds is 7. The SMILES string of the molecule is Cc1cc(C)c(B(c2ccc3oc4c(-n5c6ccccc6c6c7c8ccccc8n(-c8cccc9c8oc8ccccc89)c7ccc65)cccc4c3c2)c2ccc3oc4c(-n5c6ccccc6c6c7c8ccccc8n(-c8cccc9c8oc8ccccc89)c7ccc65)cccc4c3c2)c(C)c1. The summed E-state index contributed by atoms with van der Waals surface area (Å²) in [6, 6.07) is 106. The molecule has 23 aromatic rings. The molecule has 0 spiro atoms. The average molecular weight is 1310 g/mol. The van der Waals surface area contributed by atoms with Crippen molar-refractivity contribution in [2.75, 3.05) is 0 Å². The van der Waals surface area contributed by atoms with Crippen molar-refractivity contribution in [1.82, 2.24) is 18.3 Å². The molecule has 476 valence electrons. The Hall–Kier alpha value is -13.2. The van der Waals surface area contributed by atoms with E-state index < -0.39 is 0 Å². The number of benzene rings is 15. The zero-order valence-corrected chi connectivity index (χ0v) is 55.7. The summed E-state index contributed by atoms with van der Waals surface area (Å²) < 4.78 is 37.5. The maximum Gasteiger partial charge on any atom is 0.241 e. The minimum Gasteiger partial charge on any atom is -0.454 e. The van der Waals surface area contributed by atoms with Crippen LogP contribution in [0.5, 0.6) is 0 Å². The zero-order chi connectivity index (χ0) is 66.9. The molecule has 0 amide bonds. The third-order valence-electron chi connectivity index (χ3n) is 22.4. The molecule has 0 saturated carbocycles. The van der Waals surface area contributed by atoms with Gasteiger partial charge in [0.2, 0.25) is 6.71 Å². The summed E-state index contributed by atoms with van der Waals surface area (Å²) in [6.07, 6.45) is 0. The van der Waals surface area contributed by atoms with Crippen molar-refractivity contribution in [3.8, 4) is 22.7 Å². The molecule has 0 saturated heterocycles. The zero-order valence-electron chi connectivity index (χ0n) is 55.7. The molecule has 0 aliphatic carbocycles. The van der Waals surface area contributed by atoms with E-state index in [0.29, 0.717) is 0 Å². The summed E-state index contributed by atoms with van der Waals surface area (Å²) in [5, 5.41) is 18.2. The average Bonchev–Trinajstić information content (AvgIpc) is 1.54. The van der Waals surface area contributed by atoms with E-state index in [-0.39, 0.29) is 6.71 Å². The van der Waals surface area contributed by atoms with Crippen molar-refractivity contribution in [1.29, 1.82) is 0 Å². The van der Waals surface area contributed by atoms with Gasteiger partial charge in [-0.05, 0) is 118 Å². The van der Waals surface area contributed by atoms with Crippen LogP contribution in [0.3, 0.4) is 0 Å². The van der Waals surface area contributed by atoms with Gasteiger partial charge in [0.25, 0.3) is 0 Å². The van der Waals surface area contributed by atoms with Gasteiger partial charge in [-0.2, -0.15) is 0 Å². The smallest absolute Gasteiger partial charge is 0.241 e. The number of para-hydroxylation sites is 10. The minimum atomic E-state index is -0.137. The third kappa shape index (κ3) is 7.45. The molecule has 0 radical (unpaired) electrons. The van der Waals surface area contributed by atoms with Gasteiger partial charge in [0.05, 0.1) is 66.9 Å². The van der Waals surface area contributed by atoms with Gasteiger partial charge in [0, 0.05) is 86.2 Å². The highest BCUT2D eigenvalue weighted by Gasteiger charge is 2.31. The maximum absolute atomic E-state index is 7.22. The Labute approximate surface area is 581 Å². The summed E-state index contributed by atoms with van der Waals surface area (Å²) in [7, 11) is 0. The lowest BCUT2D eigenvalue weighted by Crippen LogP contribution is -2.54. The Morgan fingerprint density at radius 3 is 0.833 bits per heavy atom. The van der Waals surface area contributed by atoms with Crippen molar-refractivity contribution >= 4 is 198 Å². The van der Waals surface area contributed by atoms with E-state index in [2.05, 4.69) is 318 Å². The molecule has 0 bridgehead atoms. The van der Waals surface area contributed by atoms with Crippen LogP contribution in [0.2, 0.25) is 0 Å². The van der Waals surface area contributed by atoms with Crippen molar-refractivity contribution in [3.63, 3.8) is 0 Å². The van der Waals surface area contributed by atoms with Crippen LogP contribution in [0, 0.1) is 20.8 Å². The van der Waals surface area contributed by atoms with Crippen LogP contribution in [0.4, 0.5) is 0 Å². The molecule has 23 rings (SSSR count). The molecule has 8 heterocycles. The van der Waals surface area contributed by atoms with E-state index in [1.54, 1.807) is 0 Å². The van der Waals surface area contributed by atoms with Gasteiger partial charge in [0.1, 0.15) is 22.3 Å². The monoisotopic (exact) mass is 1300 g/mol. The molecule has 8 aromatic heterocycles. The largest absolute Gasteiger partial charge is 0.454 e. The molecule has 0 aliphatic rings. The highest BCUT2D eigenvalue weighted by atomic mass is 16.3. The number of nitrogens with zero attached hydrogens (tertiary/aromatic N) is 4. The second-order valence-electron chi connectivity index (χ2n) is 27.9. The van der Waals surface area contributed by atoms with E-state index in [0.717, 1.165) is 155 Å². The van der Waals surface area contributed by atoms with Crippen molar-refractivity contribution in [3.05, 3.63) is 308 Å². The number of aryl methyl sites for hydroxylation is 3. The van der Waals surface area contributed by atoms with E-state index in [1.165, 1.54) is 76.2 Å². The lowest BCUT2D eigenvalue weighted by atomic mass is 9.35. The highest BCUT2D eigenvalue weighted by molar-refractivity contribution is 6.96. The second kappa shape index (κ2) is 20.4. The van der Waals surface area contributed by atoms with Crippen LogP contribution >= 0.6 is 0 Å². The Morgan fingerprint density at radius 1 is 0.225 bits per heavy atom. The number of aromatic nitrogens is 4. The molecule has 0 N–H and O–H groups in total. The normalized spacial score (nSPS) is 12.5. The van der Waals surface area contributed by atoms with Crippen LogP contribution in [-0.2, 0) is 0 Å². The fourth-order valence-electron chi connectivity index (χ4n) is 18.4. The molecular formula is C93H57BN4O4. The maximum atomic E-state index is 7.22. The van der Waals surface area contributed by atoms with E-state index in [9.17, 15) is 0 Å². The van der Waals surface area contributed by atoms with Gasteiger partial charge in [0.15, 0.2) is 22.3 Å². The Bertz CT molecular complexity index is 7200. The van der Waals surface area contributed by atoms with Gasteiger partial charge in [-0.15, -0.1) is 0 Å². The number of hydrogen-bond donors (Lipinski definition) is 0. The lowest BCUT2D eigenvalue weighted by Gasteiger charge is -2.21. The van der Waals surface area contributed by atoms with Crippen LogP contribution in [0.25, 0.3) is 198 Å². The Kier molecular flexibility index (Phi) is 11.2. The van der Waals surface area contributed by atoms with Crippen LogP contribution in [0.1, 0.15) is 16.7 Å². The third-order valence-corrected chi connectivity index (χ3v) is 22.4. The number of furan rings is 4. The first-order chi connectivity index (χ1) is 50.4. The second-order valence-corrected chi connectivity index (χ2v) is 27.9. The lowest BCUT2D eigenvalue weighted by molar-refractivity contribution is 0.666. The molecule has 0 fully saturated rings. The van der Waals surface area contributed by atoms with Gasteiger partial charge < -0.3 is 35.9 Å². The van der Waals surface area contributed by atoms with E-state index >= 15 is 0 Å². The minimum absolute atomic E-state index is 0.137. The first kappa shape index (κ1) is 55.7. The van der Waals surface area contributed by atoms with Crippen LogP contribution < -0.4 is 16.4 Å². The molecule has 0 unspecified atom stereocenters. The predicted octanol–water partition coefficient (Wildman–Crippen LogP) is 23.1. The highest BCUT2D eigenvalue weighted by Crippen LogP contribution is 2.48. The number of fused-ring (bicyclic) bond motifs is 26. The van der Waals surface area contributed by atoms with Crippen LogP contribution in [0.15, 0.2) is 309 Å². The standard InChI is InChI=1S/C93H57BN4O4/c1-52-48-53(2)89(54(3)49-52)94(55-40-46-83-67(50-55)61-28-18-36-79(92(61)101-83)97-71-32-12-6-24-65(71)87-75(97)44-42-73-85(87)63-22-4-10-30-69(63)95(73)77-34-16-26-59-57-20-8-14-38-81(57)99-90(59)77)56-41-47-84-68(51-56)62-29-19-37-80(93(62)102-84)98-72-33-13-7-25-66(72)88-76(98)45-43-74-86(88)64-23-5-11-31-70(64)96(74)78-35-17-27-60-58-21-9-15-39-82(58)100-91(60)78/h4-51H,1-3H3.